The third-order valence-corrected chi connectivity index (χ3v) is 3.87. The number of hydrogen-bond donors (Lipinski definition) is 2. The predicted octanol–water partition coefficient (Wildman–Crippen LogP) is 2.26. The first kappa shape index (κ1) is 10.6. The number of hydrogen-bond acceptors (Lipinski definition) is 3. The van der Waals surface area contributed by atoms with Crippen molar-refractivity contribution in [3.05, 3.63) is 22.4 Å². The zero-order valence-electron chi connectivity index (χ0n) is 8.64. The summed E-state index contributed by atoms with van der Waals surface area (Å²) in [5.74, 6) is -0.863. The molecule has 0 aliphatic carbocycles. The highest BCUT2D eigenvalue weighted by molar-refractivity contribution is 7.10. The van der Waals surface area contributed by atoms with Crippen LogP contribution in [0.1, 0.15) is 30.7 Å². The number of rotatable bonds is 2. The number of piperidine rings is 1. The van der Waals surface area contributed by atoms with Gasteiger partial charge in [-0.3, -0.25) is 4.79 Å². The normalized spacial score (nSPS) is 31.4. The second kappa shape index (κ2) is 4.33. The summed E-state index contributed by atoms with van der Waals surface area (Å²) in [5.41, 5.74) is 0. The fraction of sp³-hybridized carbons (Fsp3) is 0.545. The number of carboxylic acid groups (broad SMARTS) is 1. The molecule has 4 heteroatoms. The maximum absolute atomic E-state index is 11.0. The van der Waals surface area contributed by atoms with Crippen LogP contribution in [0.15, 0.2) is 17.5 Å². The Morgan fingerprint density at radius 3 is 3.00 bits per heavy atom. The summed E-state index contributed by atoms with van der Waals surface area (Å²) in [5, 5.41) is 14.5. The highest BCUT2D eigenvalue weighted by Crippen LogP contribution is 2.32. The smallest absolute Gasteiger partial charge is 0.306 e. The Kier molecular flexibility index (Phi) is 3.07. The molecule has 1 aliphatic heterocycles. The first-order valence-corrected chi connectivity index (χ1v) is 6.07. The third kappa shape index (κ3) is 2.38. The minimum Gasteiger partial charge on any atom is -0.481 e. The second-order valence-corrected chi connectivity index (χ2v) is 5.12. The molecule has 0 amide bonds. The van der Waals surface area contributed by atoms with E-state index in [1.807, 2.05) is 11.4 Å². The fourth-order valence-corrected chi connectivity index (χ4v) is 2.98. The first-order chi connectivity index (χ1) is 7.16. The summed E-state index contributed by atoms with van der Waals surface area (Å²) in [6.45, 7) is 2.05. The zero-order chi connectivity index (χ0) is 10.8. The average molecular weight is 225 g/mol. The van der Waals surface area contributed by atoms with Crippen LogP contribution in [0.3, 0.4) is 0 Å². The average Bonchev–Trinajstić information content (AvgIpc) is 2.69. The van der Waals surface area contributed by atoms with E-state index >= 15 is 0 Å². The maximum atomic E-state index is 11.0. The van der Waals surface area contributed by atoms with E-state index in [2.05, 4.69) is 18.3 Å². The molecule has 0 aromatic carbocycles. The lowest BCUT2D eigenvalue weighted by Crippen LogP contribution is -2.40. The van der Waals surface area contributed by atoms with Crippen molar-refractivity contribution in [3.8, 4) is 0 Å². The van der Waals surface area contributed by atoms with E-state index in [-0.39, 0.29) is 18.0 Å². The van der Waals surface area contributed by atoms with Gasteiger partial charge in [0.1, 0.15) is 0 Å². The van der Waals surface area contributed by atoms with Crippen molar-refractivity contribution >= 4 is 17.3 Å². The number of carboxylic acids is 1. The van der Waals surface area contributed by atoms with Gasteiger partial charge in [0, 0.05) is 17.0 Å². The molecule has 3 atom stereocenters. The van der Waals surface area contributed by atoms with Gasteiger partial charge in [0.05, 0.1) is 5.92 Å². The Morgan fingerprint density at radius 1 is 1.60 bits per heavy atom. The topological polar surface area (TPSA) is 49.3 Å². The molecule has 1 aromatic heterocycles. The second-order valence-electron chi connectivity index (χ2n) is 4.14. The van der Waals surface area contributed by atoms with Gasteiger partial charge < -0.3 is 10.4 Å². The van der Waals surface area contributed by atoms with Gasteiger partial charge >= 0.3 is 5.97 Å². The molecule has 1 fully saturated rings. The molecule has 82 valence electrons. The quantitative estimate of drug-likeness (QED) is 0.811. The SMILES string of the molecule is CC1CC(C(=O)O)CC(c2cccs2)N1. The van der Waals surface area contributed by atoms with Crippen molar-refractivity contribution in [1.82, 2.24) is 5.32 Å². The standard InChI is InChI=1S/C11H15NO2S/c1-7-5-8(11(13)14)6-9(12-7)10-3-2-4-15-10/h2-4,7-9,12H,5-6H2,1H3,(H,13,14). The van der Waals surface area contributed by atoms with Gasteiger partial charge in [-0.05, 0) is 31.2 Å². The molecule has 3 nitrogen and oxygen atoms in total. The van der Waals surface area contributed by atoms with Crippen LogP contribution >= 0.6 is 11.3 Å². The molecule has 15 heavy (non-hydrogen) atoms. The number of nitrogens with one attached hydrogen (secondary N) is 1. The van der Waals surface area contributed by atoms with Gasteiger partial charge in [-0.15, -0.1) is 11.3 Å². The summed E-state index contributed by atoms with van der Waals surface area (Å²) in [6, 6.07) is 4.58. The minimum absolute atomic E-state index is 0.201. The highest BCUT2D eigenvalue weighted by atomic mass is 32.1. The Morgan fingerprint density at radius 2 is 2.40 bits per heavy atom. The van der Waals surface area contributed by atoms with Gasteiger partial charge in [0.2, 0.25) is 0 Å². The van der Waals surface area contributed by atoms with Crippen LogP contribution in [0.4, 0.5) is 0 Å². The van der Waals surface area contributed by atoms with E-state index < -0.39 is 5.97 Å². The van der Waals surface area contributed by atoms with E-state index in [0.29, 0.717) is 6.42 Å². The summed E-state index contributed by atoms with van der Waals surface area (Å²) in [4.78, 5) is 12.2. The molecular formula is C11H15NO2S. The summed E-state index contributed by atoms with van der Waals surface area (Å²) in [6.07, 6.45) is 1.44. The lowest BCUT2D eigenvalue weighted by Gasteiger charge is -2.32. The molecular weight excluding hydrogens is 210 g/mol. The molecule has 2 heterocycles. The van der Waals surface area contributed by atoms with Crippen molar-refractivity contribution in [2.75, 3.05) is 0 Å². The van der Waals surface area contributed by atoms with E-state index in [1.54, 1.807) is 11.3 Å². The predicted molar refractivity (Wildman–Crippen MR) is 60.0 cm³/mol. The van der Waals surface area contributed by atoms with Gasteiger partial charge in [0.15, 0.2) is 0 Å². The van der Waals surface area contributed by atoms with Crippen LogP contribution in [0.2, 0.25) is 0 Å². The monoisotopic (exact) mass is 225 g/mol. The van der Waals surface area contributed by atoms with Crippen molar-refractivity contribution in [3.63, 3.8) is 0 Å². The van der Waals surface area contributed by atoms with Crippen molar-refractivity contribution in [1.29, 1.82) is 0 Å². The van der Waals surface area contributed by atoms with Crippen LogP contribution in [-0.4, -0.2) is 17.1 Å². The molecule has 0 spiro atoms. The van der Waals surface area contributed by atoms with Crippen molar-refractivity contribution < 1.29 is 9.90 Å². The van der Waals surface area contributed by atoms with E-state index in [9.17, 15) is 4.79 Å². The summed E-state index contributed by atoms with van der Waals surface area (Å²) in [7, 11) is 0. The van der Waals surface area contributed by atoms with Crippen molar-refractivity contribution in [2.45, 2.75) is 31.8 Å². The largest absolute Gasteiger partial charge is 0.481 e. The molecule has 2 rings (SSSR count). The van der Waals surface area contributed by atoms with E-state index in [4.69, 9.17) is 5.11 Å². The third-order valence-electron chi connectivity index (χ3n) is 2.88. The molecule has 2 N–H and O–H groups in total. The fourth-order valence-electron chi connectivity index (χ4n) is 2.18. The Hall–Kier alpha value is -0.870. The maximum Gasteiger partial charge on any atom is 0.306 e. The van der Waals surface area contributed by atoms with Gasteiger partial charge in [-0.1, -0.05) is 6.07 Å². The molecule has 0 bridgehead atoms. The van der Waals surface area contributed by atoms with E-state index in [0.717, 1.165) is 6.42 Å². The minimum atomic E-state index is -0.662. The molecule has 1 saturated heterocycles. The van der Waals surface area contributed by atoms with Crippen LogP contribution in [0, 0.1) is 5.92 Å². The molecule has 1 aliphatic rings. The zero-order valence-corrected chi connectivity index (χ0v) is 9.46. The van der Waals surface area contributed by atoms with Crippen LogP contribution < -0.4 is 5.32 Å². The van der Waals surface area contributed by atoms with Crippen LogP contribution in [0.25, 0.3) is 0 Å². The Balaban J connectivity index is 2.10. The Labute approximate surface area is 93.1 Å². The lowest BCUT2D eigenvalue weighted by molar-refractivity contribution is -0.143. The number of thiophene rings is 1. The van der Waals surface area contributed by atoms with Gasteiger partial charge in [0.25, 0.3) is 0 Å². The summed E-state index contributed by atoms with van der Waals surface area (Å²) < 4.78 is 0. The van der Waals surface area contributed by atoms with Gasteiger partial charge in [-0.25, -0.2) is 0 Å². The molecule has 0 radical (unpaired) electrons. The molecule has 1 aromatic rings. The lowest BCUT2D eigenvalue weighted by atomic mass is 9.88. The van der Waals surface area contributed by atoms with E-state index in [1.165, 1.54) is 4.88 Å². The highest BCUT2D eigenvalue weighted by Gasteiger charge is 2.31. The number of aliphatic carboxylic acids is 1. The van der Waals surface area contributed by atoms with Crippen LogP contribution in [-0.2, 0) is 4.79 Å². The van der Waals surface area contributed by atoms with Crippen molar-refractivity contribution in [2.24, 2.45) is 5.92 Å². The number of carbonyl (C=O) groups is 1. The first-order valence-electron chi connectivity index (χ1n) is 5.19. The molecule has 0 saturated carbocycles. The summed E-state index contributed by atoms with van der Waals surface area (Å²) >= 11 is 1.69. The Bertz CT molecular complexity index is 336. The van der Waals surface area contributed by atoms with Crippen LogP contribution in [0.5, 0.6) is 0 Å². The molecule has 3 unspecified atom stereocenters. The van der Waals surface area contributed by atoms with Gasteiger partial charge in [-0.2, -0.15) is 0 Å².